The number of nitrogens with zero attached hydrogens (tertiary/aromatic N) is 2. The molecule has 1 aliphatic heterocycles. The largest absolute Gasteiger partial charge is 0.490 e. The lowest BCUT2D eigenvalue weighted by molar-refractivity contribution is -0.135. The van der Waals surface area contributed by atoms with Gasteiger partial charge in [0.1, 0.15) is 17.9 Å². The third kappa shape index (κ3) is 4.78. The van der Waals surface area contributed by atoms with Crippen LogP contribution in [0.25, 0.3) is 10.9 Å². The van der Waals surface area contributed by atoms with E-state index >= 15 is 0 Å². The van der Waals surface area contributed by atoms with Gasteiger partial charge in [0.05, 0.1) is 0 Å². The van der Waals surface area contributed by atoms with Gasteiger partial charge in [-0.25, -0.2) is 0 Å². The molecule has 3 heterocycles. The summed E-state index contributed by atoms with van der Waals surface area (Å²) < 4.78 is 6.03. The van der Waals surface area contributed by atoms with Crippen molar-refractivity contribution in [2.75, 3.05) is 13.1 Å². The van der Waals surface area contributed by atoms with Crippen LogP contribution in [0.4, 0.5) is 0 Å². The third-order valence-electron chi connectivity index (χ3n) is 6.18. The maximum atomic E-state index is 13.6. The second kappa shape index (κ2) is 9.79. The predicted octanol–water partition coefficient (Wildman–Crippen LogP) is 4.10. The Morgan fingerprint density at radius 2 is 1.76 bits per heavy atom. The number of fused-ring (bicyclic) bond motifs is 1. The molecule has 0 radical (unpaired) electrons. The van der Waals surface area contributed by atoms with Gasteiger partial charge >= 0.3 is 0 Å². The van der Waals surface area contributed by atoms with Crippen LogP contribution in [0.5, 0.6) is 5.75 Å². The highest BCUT2D eigenvalue weighted by Gasteiger charge is 2.31. The monoisotopic (exact) mass is 454 g/mol. The summed E-state index contributed by atoms with van der Waals surface area (Å²) in [6.07, 6.45) is 6.75. The number of benzene rings is 2. The van der Waals surface area contributed by atoms with Gasteiger partial charge in [-0.2, -0.15) is 0 Å². The minimum Gasteiger partial charge on any atom is -0.490 e. The van der Waals surface area contributed by atoms with E-state index in [-0.39, 0.29) is 17.9 Å². The molecule has 2 aromatic carbocycles. The number of aromatic nitrogens is 2. The predicted molar refractivity (Wildman–Crippen MR) is 129 cm³/mol. The fourth-order valence-electron chi connectivity index (χ4n) is 4.32. The Morgan fingerprint density at radius 1 is 1.00 bits per heavy atom. The van der Waals surface area contributed by atoms with Gasteiger partial charge in [0, 0.05) is 55.6 Å². The molecule has 1 atom stereocenters. The average Bonchev–Trinajstić information content (AvgIpc) is 3.36. The van der Waals surface area contributed by atoms with Crippen LogP contribution in [0.2, 0.25) is 0 Å². The number of aromatic amines is 1. The van der Waals surface area contributed by atoms with E-state index in [4.69, 9.17) is 4.74 Å². The maximum absolute atomic E-state index is 13.6. The molecule has 0 spiro atoms. The first-order chi connectivity index (χ1) is 16.7. The van der Waals surface area contributed by atoms with Gasteiger partial charge in [0.15, 0.2) is 0 Å². The number of carbonyl (C=O) groups is 2. The van der Waals surface area contributed by atoms with Gasteiger partial charge in [0.25, 0.3) is 5.91 Å². The number of H-pyrrole nitrogens is 1. The second-order valence-corrected chi connectivity index (χ2v) is 8.42. The number of hydrogen-bond donors (Lipinski definition) is 2. The molecule has 5 rings (SSSR count). The molecule has 1 unspecified atom stereocenters. The van der Waals surface area contributed by atoms with Crippen molar-refractivity contribution < 1.29 is 14.3 Å². The molecule has 2 N–H and O–H groups in total. The molecule has 2 amide bonds. The number of amides is 2. The molecule has 0 aliphatic carbocycles. The quantitative estimate of drug-likeness (QED) is 0.459. The standard InChI is InChI=1S/C27H26N4O3/c32-26(21-7-6-19-8-15-29-24(19)18-21)30-25(20-4-2-1-3-5-20)27(33)31-16-11-23(12-17-31)34-22-9-13-28-14-10-22/h1-10,13-15,18,23,25,29H,11-12,16-17H2,(H,30,32). The second-order valence-electron chi connectivity index (χ2n) is 8.42. The molecule has 172 valence electrons. The van der Waals surface area contributed by atoms with E-state index in [0.29, 0.717) is 18.7 Å². The highest BCUT2D eigenvalue weighted by atomic mass is 16.5. The first-order valence-corrected chi connectivity index (χ1v) is 11.5. The van der Waals surface area contributed by atoms with E-state index in [1.165, 1.54) is 0 Å². The van der Waals surface area contributed by atoms with E-state index in [2.05, 4.69) is 15.3 Å². The van der Waals surface area contributed by atoms with Crippen LogP contribution in [0.3, 0.4) is 0 Å². The molecule has 1 fully saturated rings. The van der Waals surface area contributed by atoms with Crippen LogP contribution >= 0.6 is 0 Å². The fourth-order valence-corrected chi connectivity index (χ4v) is 4.32. The Morgan fingerprint density at radius 3 is 2.53 bits per heavy atom. The number of ether oxygens (including phenoxy) is 1. The van der Waals surface area contributed by atoms with Crippen LogP contribution in [0, 0.1) is 0 Å². The van der Waals surface area contributed by atoms with Crippen molar-refractivity contribution in [1.29, 1.82) is 0 Å². The van der Waals surface area contributed by atoms with Gasteiger partial charge in [-0.3, -0.25) is 14.6 Å². The molecule has 0 bridgehead atoms. The number of nitrogens with one attached hydrogen (secondary N) is 2. The minimum absolute atomic E-state index is 0.0451. The highest BCUT2D eigenvalue weighted by Crippen LogP contribution is 2.23. The Hall–Kier alpha value is -4.13. The van der Waals surface area contributed by atoms with Crippen molar-refractivity contribution in [3.05, 3.63) is 96.4 Å². The Balaban J connectivity index is 1.29. The molecule has 1 saturated heterocycles. The fraction of sp³-hybridized carbons (Fsp3) is 0.222. The number of carbonyl (C=O) groups excluding carboxylic acids is 2. The van der Waals surface area contributed by atoms with Gasteiger partial charge in [-0.15, -0.1) is 0 Å². The molecule has 7 nitrogen and oxygen atoms in total. The summed E-state index contributed by atoms with van der Waals surface area (Å²) in [7, 11) is 0. The first kappa shape index (κ1) is 21.7. The summed E-state index contributed by atoms with van der Waals surface area (Å²) in [5.74, 6) is 0.394. The number of piperidine rings is 1. The minimum atomic E-state index is -0.759. The van der Waals surface area contributed by atoms with Crippen LogP contribution < -0.4 is 10.1 Å². The van der Waals surface area contributed by atoms with Crippen LogP contribution in [0.15, 0.2) is 85.3 Å². The van der Waals surface area contributed by atoms with Crippen molar-refractivity contribution in [2.45, 2.75) is 25.0 Å². The van der Waals surface area contributed by atoms with E-state index in [0.717, 1.165) is 35.1 Å². The van der Waals surface area contributed by atoms with Gasteiger partial charge in [-0.05, 0) is 41.3 Å². The maximum Gasteiger partial charge on any atom is 0.252 e. The molecule has 4 aromatic rings. The molecule has 2 aromatic heterocycles. The number of hydrogen-bond acceptors (Lipinski definition) is 4. The summed E-state index contributed by atoms with van der Waals surface area (Å²) in [6.45, 7) is 1.14. The van der Waals surface area contributed by atoms with Crippen molar-refractivity contribution in [3.63, 3.8) is 0 Å². The lowest BCUT2D eigenvalue weighted by Crippen LogP contribution is -2.47. The zero-order chi connectivity index (χ0) is 23.3. The Bertz CT molecular complexity index is 1260. The van der Waals surface area contributed by atoms with E-state index in [1.54, 1.807) is 24.5 Å². The SMILES string of the molecule is O=C(NC(C(=O)N1CCC(Oc2ccncc2)CC1)c1ccccc1)c1ccc2cc[nH]c2c1. The summed E-state index contributed by atoms with van der Waals surface area (Å²) in [6, 6.07) is 19.7. The molecule has 0 saturated carbocycles. The zero-order valence-electron chi connectivity index (χ0n) is 18.7. The van der Waals surface area contributed by atoms with Gasteiger partial charge in [-0.1, -0.05) is 36.4 Å². The Labute approximate surface area is 197 Å². The third-order valence-corrected chi connectivity index (χ3v) is 6.18. The molecular weight excluding hydrogens is 428 g/mol. The summed E-state index contributed by atoms with van der Waals surface area (Å²) in [5, 5.41) is 4.00. The average molecular weight is 455 g/mol. The van der Waals surface area contributed by atoms with Crippen LogP contribution in [-0.2, 0) is 4.79 Å². The number of rotatable bonds is 6. The Kier molecular flexibility index (Phi) is 6.25. The van der Waals surface area contributed by atoms with E-state index in [9.17, 15) is 9.59 Å². The molecule has 34 heavy (non-hydrogen) atoms. The molecular formula is C27H26N4O3. The van der Waals surface area contributed by atoms with Crippen LogP contribution in [-0.4, -0.2) is 45.9 Å². The normalized spacial score (nSPS) is 15.1. The molecule has 1 aliphatic rings. The van der Waals surface area contributed by atoms with E-state index < -0.39 is 6.04 Å². The van der Waals surface area contributed by atoms with E-state index in [1.807, 2.05) is 65.7 Å². The lowest BCUT2D eigenvalue weighted by atomic mass is 10.0. The van der Waals surface area contributed by atoms with Crippen molar-refractivity contribution in [3.8, 4) is 5.75 Å². The van der Waals surface area contributed by atoms with Crippen molar-refractivity contribution >= 4 is 22.7 Å². The zero-order valence-corrected chi connectivity index (χ0v) is 18.7. The first-order valence-electron chi connectivity index (χ1n) is 11.5. The van der Waals surface area contributed by atoms with Crippen molar-refractivity contribution in [2.24, 2.45) is 0 Å². The highest BCUT2D eigenvalue weighted by molar-refractivity contribution is 6.00. The summed E-state index contributed by atoms with van der Waals surface area (Å²) >= 11 is 0. The topological polar surface area (TPSA) is 87.3 Å². The molecule has 7 heteroatoms. The number of pyridine rings is 1. The van der Waals surface area contributed by atoms with Crippen LogP contribution in [0.1, 0.15) is 34.8 Å². The lowest BCUT2D eigenvalue weighted by Gasteiger charge is -2.34. The van der Waals surface area contributed by atoms with Crippen molar-refractivity contribution in [1.82, 2.24) is 20.2 Å². The number of likely N-dealkylation sites (tertiary alicyclic amines) is 1. The smallest absolute Gasteiger partial charge is 0.252 e. The summed E-state index contributed by atoms with van der Waals surface area (Å²) in [5.41, 5.74) is 2.15. The summed E-state index contributed by atoms with van der Waals surface area (Å²) in [4.78, 5) is 35.6. The van der Waals surface area contributed by atoms with Gasteiger partial charge in [0.2, 0.25) is 5.91 Å². The van der Waals surface area contributed by atoms with Gasteiger partial charge < -0.3 is 19.9 Å².